The molecule has 0 fully saturated rings. The highest BCUT2D eigenvalue weighted by Gasteiger charge is 2.28. The van der Waals surface area contributed by atoms with Crippen LogP contribution in [0.3, 0.4) is 0 Å². The Kier molecular flexibility index (Phi) is 3.93. The van der Waals surface area contributed by atoms with Gasteiger partial charge >= 0.3 is 6.18 Å². The first-order valence-electron chi connectivity index (χ1n) is 5.74. The fraction of sp³-hybridized carbons (Fsp3) is 0.333. The van der Waals surface area contributed by atoms with Gasteiger partial charge in [-0.1, -0.05) is 17.3 Å². The number of halogens is 3. The molecule has 2 rings (SSSR count). The summed E-state index contributed by atoms with van der Waals surface area (Å²) in [4.78, 5) is 4.05. The molecule has 0 aliphatic rings. The molecule has 0 radical (unpaired) electrons. The first kappa shape index (κ1) is 14.3. The van der Waals surface area contributed by atoms with Gasteiger partial charge in [-0.2, -0.15) is 18.2 Å². The Labute approximate surface area is 112 Å². The molecule has 0 unspecified atom stereocenters. The largest absolute Gasteiger partial charge is 0.484 e. The molecule has 0 amide bonds. The molecule has 108 valence electrons. The molecule has 1 aromatic heterocycles. The lowest BCUT2D eigenvalue weighted by molar-refractivity contribution is -0.153. The van der Waals surface area contributed by atoms with Gasteiger partial charge in [-0.05, 0) is 19.1 Å². The molecule has 0 saturated heterocycles. The summed E-state index contributed by atoms with van der Waals surface area (Å²) in [5.74, 6) is 0.573. The zero-order valence-electron chi connectivity index (χ0n) is 10.5. The van der Waals surface area contributed by atoms with Gasteiger partial charge < -0.3 is 15.0 Å². The molecule has 1 aromatic carbocycles. The zero-order valence-corrected chi connectivity index (χ0v) is 10.5. The third-order valence-electron chi connectivity index (χ3n) is 2.33. The van der Waals surface area contributed by atoms with Gasteiger partial charge in [0.1, 0.15) is 5.75 Å². The van der Waals surface area contributed by atoms with Gasteiger partial charge in [0.15, 0.2) is 6.61 Å². The van der Waals surface area contributed by atoms with Crippen LogP contribution in [0.25, 0.3) is 11.4 Å². The topological polar surface area (TPSA) is 74.2 Å². The molecular formula is C12H12F3N3O2. The highest BCUT2D eigenvalue weighted by Crippen LogP contribution is 2.24. The molecule has 2 aromatic rings. The van der Waals surface area contributed by atoms with E-state index in [9.17, 15) is 13.2 Å². The summed E-state index contributed by atoms with van der Waals surface area (Å²) in [5, 5.41) is 3.71. The van der Waals surface area contributed by atoms with E-state index in [1.807, 2.05) is 0 Å². The monoisotopic (exact) mass is 287 g/mol. The molecule has 0 saturated carbocycles. The average molecular weight is 287 g/mol. The van der Waals surface area contributed by atoms with Crippen LogP contribution in [0.15, 0.2) is 28.8 Å². The number of rotatable bonds is 4. The van der Waals surface area contributed by atoms with E-state index < -0.39 is 18.8 Å². The molecule has 8 heteroatoms. The summed E-state index contributed by atoms with van der Waals surface area (Å²) < 4.78 is 45.8. The molecular weight excluding hydrogens is 275 g/mol. The first-order valence-corrected chi connectivity index (χ1v) is 5.74. The summed E-state index contributed by atoms with van der Waals surface area (Å²) in [6, 6.07) is 5.59. The van der Waals surface area contributed by atoms with Crippen molar-refractivity contribution in [3.8, 4) is 17.1 Å². The molecule has 5 nitrogen and oxygen atoms in total. The summed E-state index contributed by atoms with van der Waals surface area (Å²) in [6.07, 6.45) is -4.38. The van der Waals surface area contributed by atoms with Crippen LogP contribution in [0.5, 0.6) is 5.75 Å². The lowest BCUT2D eigenvalue weighted by Crippen LogP contribution is -2.19. The van der Waals surface area contributed by atoms with Crippen molar-refractivity contribution in [3.63, 3.8) is 0 Å². The average Bonchev–Trinajstić information content (AvgIpc) is 2.86. The van der Waals surface area contributed by atoms with Crippen molar-refractivity contribution in [1.82, 2.24) is 10.1 Å². The standard InChI is InChI=1S/C12H12F3N3O2/c1-7(16)11-17-10(18-20-11)8-3-2-4-9(5-8)19-6-12(13,14)15/h2-5,7H,6,16H2,1H3/t7-/m0/s1. The van der Waals surface area contributed by atoms with Crippen LogP contribution in [0.4, 0.5) is 13.2 Å². The van der Waals surface area contributed by atoms with Crippen molar-refractivity contribution in [1.29, 1.82) is 0 Å². The van der Waals surface area contributed by atoms with Crippen LogP contribution in [-0.4, -0.2) is 22.9 Å². The van der Waals surface area contributed by atoms with E-state index in [1.54, 1.807) is 19.1 Å². The van der Waals surface area contributed by atoms with E-state index >= 15 is 0 Å². The minimum Gasteiger partial charge on any atom is -0.484 e. The smallest absolute Gasteiger partial charge is 0.422 e. The molecule has 1 atom stereocenters. The zero-order chi connectivity index (χ0) is 14.8. The van der Waals surface area contributed by atoms with E-state index in [0.29, 0.717) is 5.56 Å². The maximum absolute atomic E-state index is 12.1. The highest BCUT2D eigenvalue weighted by atomic mass is 19.4. The normalized spacial score (nSPS) is 13.2. The van der Waals surface area contributed by atoms with Gasteiger partial charge in [0, 0.05) is 5.56 Å². The number of hydrogen-bond acceptors (Lipinski definition) is 5. The predicted octanol–water partition coefficient (Wildman–Crippen LogP) is 2.70. The quantitative estimate of drug-likeness (QED) is 0.935. The fourth-order valence-corrected chi connectivity index (χ4v) is 1.43. The summed E-state index contributed by atoms with van der Waals surface area (Å²) in [7, 11) is 0. The lowest BCUT2D eigenvalue weighted by atomic mass is 10.2. The molecule has 0 aliphatic heterocycles. The summed E-state index contributed by atoms with van der Waals surface area (Å²) in [6.45, 7) is 0.327. The Bertz CT molecular complexity index is 581. The number of hydrogen-bond donors (Lipinski definition) is 1. The van der Waals surface area contributed by atoms with E-state index in [4.69, 9.17) is 10.3 Å². The lowest BCUT2D eigenvalue weighted by Gasteiger charge is -2.09. The van der Waals surface area contributed by atoms with E-state index in [2.05, 4.69) is 14.9 Å². The number of alkyl halides is 3. The Morgan fingerprint density at radius 1 is 1.40 bits per heavy atom. The Morgan fingerprint density at radius 2 is 2.15 bits per heavy atom. The minimum atomic E-state index is -4.38. The number of aromatic nitrogens is 2. The Balaban J connectivity index is 2.16. The van der Waals surface area contributed by atoms with E-state index in [0.717, 1.165) is 0 Å². The molecule has 1 heterocycles. The van der Waals surface area contributed by atoms with Crippen molar-refractivity contribution in [3.05, 3.63) is 30.2 Å². The number of ether oxygens (including phenoxy) is 1. The fourth-order valence-electron chi connectivity index (χ4n) is 1.43. The second-order valence-electron chi connectivity index (χ2n) is 4.18. The molecule has 20 heavy (non-hydrogen) atoms. The number of benzene rings is 1. The van der Waals surface area contributed by atoms with Crippen molar-refractivity contribution in [2.24, 2.45) is 5.73 Å². The van der Waals surface area contributed by atoms with Crippen LogP contribution >= 0.6 is 0 Å². The van der Waals surface area contributed by atoms with Gasteiger partial charge in [-0.3, -0.25) is 0 Å². The molecule has 0 spiro atoms. The Hall–Kier alpha value is -2.09. The second-order valence-corrected chi connectivity index (χ2v) is 4.18. The molecule has 0 bridgehead atoms. The summed E-state index contributed by atoms with van der Waals surface area (Å²) in [5.41, 5.74) is 6.07. The summed E-state index contributed by atoms with van der Waals surface area (Å²) >= 11 is 0. The predicted molar refractivity (Wildman–Crippen MR) is 63.9 cm³/mol. The van der Waals surface area contributed by atoms with Crippen molar-refractivity contribution in [2.45, 2.75) is 19.1 Å². The maximum Gasteiger partial charge on any atom is 0.422 e. The van der Waals surface area contributed by atoms with Crippen LogP contribution in [0, 0.1) is 0 Å². The highest BCUT2D eigenvalue weighted by molar-refractivity contribution is 5.56. The Morgan fingerprint density at radius 3 is 2.75 bits per heavy atom. The number of nitrogens with two attached hydrogens (primary N) is 1. The van der Waals surface area contributed by atoms with Crippen LogP contribution < -0.4 is 10.5 Å². The van der Waals surface area contributed by atoms with E-state index in [-0.39, 0.29) is 17.5 Å². The molecule has 0 aliphatic carbocycles. The van der Waals surface area contributed by atoms with Crippen LogP contribution in [0.2, 0.25) is 0 Å². The van der Waals surface area contributed by atoms with Crippen molar-refractivity contribution >= 4 is 0 Å². The van der Waals surface area contributed by atoms with Crippen molar-refractivity contribution in [2.75, 3.05) is 6.61 Å². The number of nitrogens with zero attached hydrogens (tertiary/aromatic N) is 2. The van der Waals surface area contributed by atoms with Gasteiger partial charge in [-0.25, -0.2) is 0 Å². The minimum absolute atomic E-state index is 0.0759. The third kappa shape index (κ3) is 3.70. The third-order valence-corrected chi connectivity index (χ3v) is 2.33. The maximum atomic E-state index is 12.1. The van der Waals surface area contributed by atoms with E-state index in [1.165, 1.54) is 12.1 Å². The van der Waals surface area contributed by atoms with Gasteiger partial charge in [0.25, 0.3) is 0 Å². The van der Waals surface area contributed by atoms with Gasteiger partial charge in [-0.15, -0.1) is 0 Å². The van der Waals surface area contributed by atoms with Crippen LogP contribution in [0.1, 0.15) is 18.9 Å². The van der Waals surface area contributed by atoms with Crippen LogP contribution in [-0.2, 0) is 0 Å². The SMILES string of the molecule is C[C@H](N)c1nc(-c2cccc(OCC(F)(F)F)c2)no1. The second kappa shape index (κ2) is 5.49. The molecule has 2 N–H and O–H groups in total. The van der Waals surface area contributed by atoms with Gasteiger partial charge in [0.2, 0.25) is 11.7 Å². The van der Waals surface area contributed by atoms with Crippen molar-refractivity contribution < 1.29 is 22.4 Å². The van der Waals surface area contributed by atoms with Gasteiger partial charge in [0.05, 0.1) is 6.04 Å². The first-order chi connectivity index (χ1) is 9.35.